The van der Waals surface area contributed by atoms with Crippen molar-refractivity contribution in [1.29, 1.82) is 0 Å². The highest BCUT2D eigenvalue weighted by Gasteiger charge is 2.40. The van der Waals surface area contributed by atoms with Crippen LogP contribution in [0.15, 0.2) is 0 Å². The molecule has 1 aliphatic rings. The predicted octanol–water partition coefficient (Wildman–Crippen LogP) is 2.15. The first-order valence-electron chi connectivity index (χ1n) is 5.06. The van der Waals surface area contributed by atoms with Crippen LogP contribution in [0.4, 0.5) is 0 Å². The maximum Gasteiger partial charge on any atom is 0.336 e. The predicted molar refractivity (Wildman–Crippen MR) is 57.8 cm³/mol. The molecule has 1 unspecified atom stereocenters. The molecular weight excluding hydrogens is 200 g/mol. The minimum atomic E-state index is -0.919. The molecule has 1 aliphatic heterocycles. The summed E-state index contributed by atoms with van der Waals surface area (Å²) in [5.74, 6) is 1.14. The summed E-state index contributed by atoms with van der Waals surface area (Å²) < 4.78 is 5.61. The molecule has 0 saturated carbocycles. The number of carboxylic acid groups (broad SMARTS) is 1. The first-order valence-corrected chi connectivity index (χ1v) is 6.21. The van der Waals surface area contributed by atoms with Gasteiger partial charge in [0.2, 0.25) is 0 Å². The SMILES string of the molecule is CC(C)OC1(C(=O)O)CCCSCC1. The summed E-state index contributed by atoms with van der Waals surface area (Å²) in [6, 6.07) is 0. The average Bonchev–Trinajstić information content (AvgIpc) is 2.29. The third-order valence-electron chi connectivity index (χ3n) is 2.37. The quantitative estimate of drug-likeness (QED) is 0.788. The Bertz CT molecular complexity index is 196. The highest BCUT2D eigenvalue weighted by Crippen LogP contribution is 2.31. The second-order valence-corrected chi connectivity index (χ2v) is 5.16. The third-order valence-corrected chi connectivity index (χ3v) is 3.44. The molecule has 4 heteroatoms. The van der Waals surface area contributed by atoms with Crippen LogP contribution in [0.2, 0.25) is 0 Å². The van der Waals surface area contributed by atoms with Crippen molar-refractivity contribution in [3.8, 4) is 0 Å². The number of carbonyl (C=O) groups is 1. The second kappa shape index (κ2) is 5.03. The van der Waals surface area contributed by atoms with Gasteiger partial charge >= 0.3 is 5.97 Å². The second-order valence-electron chi connectivity index (χ2n) is 3.93. The number of hydrogen-bond donors (Lipinski definition) is 1. The lowest BCUT2D eigenvalue weighted by atomic mass is 9.94. The summed E-state index contributed by atoms with van der Waals surface area (Å²) in [7, 11) is 0. The number of aliphatic carboxylic acids is 1. The molecule has 14 heavy (non-hydrogen) atoms. The van der Waals surface area contributed by atoms with Crippen molar-refractivity contribution in [2.75, 3.05) is 11.5 Å². The molecule has 0 aromatic rings. The molecular formula is C10H18O3S. The normalized spacial score (nSPS) is 28.8. The Hall–Kier alpha value is -0.220. The van der Waals surface area contributed by atoms with Gasteiger partial charge in [0.15, 0.2) is 5.60 Å². The smallest absolute Gasteiger partial charge is 0.336 e. The lowest BCUT2D eigenvalue weighted by Crippen LogP contribution is -2.43. The zero-order valence-electron chi connectivity index (χ0n) is 8.78. The molecule has 1 fully saturated rings. The van der Waals surface area contributed by atoms with Crippen molar-refractivity contribution < 1.29 is 14.6 Å². The molecule has 1 rings (SSSR count). The van der Waals surface area contributed by atoms with Gasteiger partial charge in [0.25, 0.3) is 0 Å². The van der Waals surface area contributed by atoms with E-state index in [0.29, 0.717) is 12.8 Å². The van der Waals surface area contributed by atoms with Crippen molar-refractivity contribution >= 4 is 17.7 Å². The first kappa shape index (κ1) is 11.9. The monoisotopic (exact) mass is 218 g/mol. The van der Waals surface area contributed by atoms with Gasteiger partial charge < -0.3 is 9.84 Å². The van der Waals surface area contributed by atoms with E-state index >= 15 is 0 Å². The van der Waals surface area contributed by atoms with Crippen molar-refractivity contribution in [1.82, 2.24) is 0 Å². The fourth-order valence-corrected chi connectivity index (χ4v) is 2.78. The fraction of sp³-hybridized carbons (Fsp3) is 0.900. The minimum Gasteiger partial charge on any atom is -0.479 e. The Kier molecular flexibility index (Phi) is 4.26. The van der Waals surface area contributed by atoms with E-state index in [0.717, 1.165) is 17.9 Å². The molecule has 3 nitrogen and oxygen atoms in total. The number of ether oxygens (including phenoxy) is 1. The molecule has 82 valence electrons. The summed E-state index contributed by atoms with van der Waals surface area (Å²) >= 11 is 1.82. The van der Waals surface area contributed by atoms with Crippen LogP contribution in [-0.2, 0) is 9.53 Å². The average molecular weight is 218 g/mol. The lowest BCUT2D eigenvalue weighted by Gasteiger charge is -2.30. The van der Waals surface area contributed by atoms with Crippen molar-refractivity contribution in [3.63, 3.8) is 0 Å². The molecule has 0 aromatic carbocycles. The Balaban J connectivity index is 2.72. The third kappa shape index (κ3) is 2.89. The van der Waals surface area contributed by atoms with Gasteiger partial charge in [0.1, 0.15) is 0 Å². The largest absolute Gasteiger partial charge is 0.479 e. The van der Waals surface area contributed by atoms with E-state index in [1.165, 1.54) is 0 Å². The zero-order chi connectivity index (χ0) is 10.6. The van der Waals surface area contributed by atoms with E-state index in [4.69, 9.17) is 4.74 Å². The van der Waals surface area contributed by atoms with E-state index in [-0.39, 0.29) is 6.10 Å². The number of hydrogen-bond acceptors (Lipinski definition) is 3. The highest BCUT2D eigenvalue weighted by molar-refractivity contribution is 7.99. The summed E-state index contributed by atoms with van der Waals surface area (Å²) in [4.78, 5) is 11.2. The van der Waals surface area contributed by atoms with Gasteiger partial charge in [-0.15, -0.1) is 0 Å². The van der Waals surface area contributed by atoms with E-state index in [1.54, 1.807) is 0 Å². The van der Waals surface area contributed by atoms with Crippen LogP contribution in [0.25, 0.3) is 0 Å². The van der Waals surface area contributed by atoms with Crippen molar-refractivity contribution in [3.05, 3.63) is 0 Å². The minimum absolute atomic E-state index is 0.0193. The molecule has 0 amide bonds. The highest BCUT2D eigenvalue weighted by atomic mass is 32.2. The fourth-order valence-electron chi connectivity index (χ4n) is 1.76. The van der Waals surface area contributed by atoms with Crippen LogP contribution in [-0.4, -0.2) is 34.3 Å². The number of rotatable bonds is 3. The summed E-state index contributed by atoms with van der Waals surface area (Å²) in [5, 5.41) is 9.23. The van der Waals surface area contributed by atoms with Gasteiger partial charge in [0.05, 0.1) is 6.10 Å². The van der Waals surface area contributed by atoms with Gasteiger partial charge in [-0.25, -0.2) is 4.79 Å². The molecule has 1 atom stereocenters. The van der Waals surface area contributed by atoms with Crippen LogP contribution in [0, 0.1) is 0 Å². The molecule has 0 spiro atoms. The summed E-state index contributed by atoms with van der Waals surface area (Å²) in [6.07, 6.45) is 2.19. The molecule has 1 saturated heterocycles. The Morgan fingerprint density at radius 3 is 2.71 bits per heavy atom. The topological polar surface area (TPSA) is 46.5 Å². The van der Waals surface area contributed by atoms with Gasteiger partial charge in [-0.2, -0.15) is 11.8 Å². The number of thioether (sulfide) groups is 1. The van der Waals surface area contributed by atoms with Crippen LogP contribution in [0.3, 0.4) is 0 Å². The lowest BCUT2D eigenvalue weighted by molar-refractivity contribution is -0.173. The van der Waals surface area contributed by atoms with E-state index in [2.05, 4.69) is 0 Å². The number of carboxylic acids is 1. The Morgan fingerprint density at radius 1 is 1.43 bits per heavy atom. The maximum absolute atomic E-state index is 11.2. The van der Waals surface area contributed by atoms with E-state index < -0.39 is 11.6 Å². The maximum atomic E-state index is 11.2. The van der Waals surface area contributed by atoms with Gasteiger partial charge in [-0.05, 0) is 44.6 Å². The van der Waals surface area contributed by atoms with Gasteiger partial charge in [-0.3, -0.25) is 0 Å². The van der Waals surface area contributed by atoms with Crippen LogP contribution in [0.1, 0.15) is 33.1 Å². The van der Waals surface area contributed by atoms with Gasteiger partial charge in [-0.1, -0.05) is 0 Å². The molecule has 0 radical (unpaired) electrons. The molecule has 0 aromatic heterocycles. The first-order chi connectivity index (χ1) is 6.57. The van der Waals surface area contributed by atoms with Crippen LogP contribution < -0.4 is 0 Å². The molecule has 1 N–H and O–H groups in total. The van der Waals surface area contributed by atoms with E-state index in [1.807, 2.05) is 25.6 Å². The summed E-state index contributed by atoms with van der Waals surface area (Å²) in [6.45, 7) is 3.78. The zero-order valence-corrected chi connectivity index (χ0v) is 9.60. The molecule has 0 bridgehead atoms. The Morgan fingerprint density at radius 2 is 2.14 bits per heavy atom. The molecule has 1 heterocycles. The summed E-state index contributed by atoms with van der Waals surface area (Å²) in [5.41, 5.74) is -0.919. The standard InChI is InChI=1S/C10H18O3S/c1-8(2)13-10(9(11)12)4-3-6-14-7-5-10/h8H,3-7H2,1-2H3,(H,11,12). The van der Waals surface area contributed by atoms with Crippen LogP contribution in [0.5, 0.6) is 0 Å². The van der Waals surface area contributed by atoms with Crippen molar-refractivity contribution in [2.45, 2.75) is 44.8 Å². The van der Waals surface area contributed by atoms with Gasteiger partial charge in [0, 0.05) is 0 Å². The molecule has 0 aliphatic carbocycles. The Labute approximate surface area is 89.2 Å². The van der Waals surface area contributed by atoms with Crippen molar-refractivity contribution in [2.24, 2.45) is 0 Å². The van der Waals surface area contributed by atoms with E-state index in [9.17, 15) is 9.90 Å². The van der Waals surface area contributed by atoms with Crippen LogP contribution >= 0.6 is 11.8 Å².